The van der Waals surface area contributed by atoms with Crippen molar-refractivity contribution in [2.75, 3.05) is 36.0 Å². The second-order valence-electron chi connectivity index (χ2n) is 14.6. The van der Waals surface area contributed by atoms with Gasteiger partial charge in [-0.3, -0.25) is 0 Å². The molecule has 50 heavy (non-hydrogen) atoms. The summed E-state index contributed by atoms with van der Waals surface area (Å²) in [6.07, 6.45) is 7.71. The topological polar surface area (TPSA) is 6.48 Å². The van der Waals surface area contributed by atoms with E-state index in [0.29, 0.717) is 0 Å². The molecule has 0 radical (unpaired) electrons. The highest BCUT2D eigenvalue weighted by Crippen LogP contribution is 2.48. The van der Waals surface area contributed by atoms with Gasteiger partial charge in [0.1, 0.15) is 0 Å². The summed E-state index contributed by atoms with van der Waals surface area (Å²) in [5.41, 5.74) is 8.00. The number of piperidine rings is 2. The Hall–Kier alpha value is -5.34. The highest BCUT2D eigenvalue weighted by atomic mass is 15.1. The van der Waals surface area contributed by atoms with Crippen molar-refractivity contribution in [1.29, 1.82) is 0 Å². The quantitative estimate of drug-likeness (QED) is 0.139. The Morgan fingerprint density at radius 3 is 1.54 bits per heavy atom. The third-order valence-electron chi connectivity index (χ3n) is 11.6. The van der Waals surface area contributed by atoms with E-state index in [4.69, 9.17) is 0 Å². The first-order chi connectivity index (χ1) is 24.8. The molecule has 2 nitrogen and oxygen atoms in total. The SMILES string of the molecule is c1ccc2cc(-c3c4cc(N5CCCCC5)ccc4c(-c4cc5ccccc5c5ccccc45)c4cc(N5CCCCC5)ccc34)ccc2c1. The molecule has 2 fully saturated rings. The summed E-state index contributed by atoms with van der Waals surface area (Å²) < 4.78 is 0. The molecule has 0 spiro atoms. The summed E-state index contributed by atoms with van der Waals surface area (Å²) in [5, 5.41) is 13.2. The van der Waals surface area contributed by atoms with Crippen LogP contribution in [0.3, 0.4) is 0 Å². The standard InChI is InChI=1S/C48H42N2/c1-9-25-49(26-10-1)37-22-24-43-45(31-37)47(36-20-19-33-13-3-4-14-34(33)29-36)42-23-21-38(50-27-11-2-12-28-50)32-46(42)48(43)44-30-35-15-5-6-16-39(35)40-17-7-8-18-41(40)44/h3-8,13-24,29-32H,1-2,9-12,25-28H2. The van der Waals surface area contributed by atoms with Gasteiger partial charge >= 0.3 is 0 Å². The molecule has 0 atom stereocenters. The summed E-state index contributed by atoms with van der Waals surface area (Å²) in [5.74, 6) is 0. The van der Waals surface area contributed by atoms with E-state index in [-0.39, 0.29) is 0 Å². The minimum Gasteiger partial charge on any atom is -0.372 e. The number of rotatable bonds is 4. The minimum absolute atomic E-state index is 1.13. The third-order valence-corrected chi connectivity index (χ3v) is 11.6. The molecule has 0 bridgehead atoms. The van der Waals surface area contributed by atoms with Gasteiger partial charge in [0.05, 0.1) is 0 Å². The zero-order valence-corrected chi connectivity index (χ0v) is 28.7. The predicted molar refractivity (Wildman–Crippen MR) is 217 cm³/mol. The summed E-state index contributed by atoms with van der Waals surface area (Å²) in [6, 6.07) is 51.1. The molecule has 244 valence electrons. The van der Waals surface area contributed by atoms with Crippen molar-refractivity contribution in [3.63, 3.8) is 0 Å². The number of hydrogen-bond acceptors (Lipinski definition) is 2. The molecular formula is C48H42N2. The van der Waals surface area contributed by atoms with Crippen LogP contribution in [0.5, 0.6) is 0 Å². The molecule has 2 heterocycles. The second-order valence-corrected chi connectivity index (χ2v) is 14.6. The van der Waals surface area contributed by atoms with Crippen LogP contribution in [0.2, 0.25) is 0 Å². The number of hydrogen-bond donors (Lipinski definition) is 0. The summed E-state index contributed by atoms with van der Waals surface area (Å²) in [6.45, 7) is 4.52. The Kier molecular flexibility index (Phi) is 7.22. The third kappa shape index (κ3) is 4.92. The fourth-order valence-electron chi connectivity index (χ4n) is 9.11. The molecule has 0 unspecified atom stereocenters. The van der Waals surface area contributed by atoms with Gasteiger partial charge in [0, 0.05) is 37.6 Å². The van der Waals surface area contributed by atoms with E-state index >= 15 is 0 Å². The van der Waals surface area contributed by atoms with Crippen molar-refractivity contribution in [2.45, 2.75) is 38.5 Å². The van der Waals surface area contributed by atoms with Crippen molar-refractivity contribution in [3.05, 3.63) is 133 Å². The van der Waals surface area contributed by atoms with Gasteiger partial charge in [0.2, 0.25) is 0 Å². The van der Waals surface area contributed by atoms with Gasteiger partial charge < -0.3 is 9.80 Å². The Morgan fingerprint density at radius 2 is 0.860 bits per heavy atom. The molecule has 10 rings (SSSR count). The lowest BCUT2D eigenvalue weighted by molar-refractivity contribution is 0.578. The van der Waals surface area contributed by atoms with Crippen LogP contribution < -0.4 is 9.80 Å². The lowest BCUT2D eigenvalue weighted by atomic mass is 9.83. The fourth-order valence-corrected chi connectivity index (χ4v) is 9.11. The molecule has 8 aromatic carbocycles. The molecule has 2 aliphatic rings. The van der Waals surface area contributed by atoms with E-state index < -0.39 is 0 Å². The molecule has 0 N–H and O–H groups in total. The number of fused-ring (bicyclic) bond motifs is 6. The molecule has 8 aromatic rings. The van der Waals surface area contributed by atoms with Gasteiger partial charge in [-0.1, -0.05) is 97.1 Å². The lowest BCUT2D eigenvalue weighted by Gasteiger charge is -2.30. The molecule has 2 saturated heterocycles. The van der Waals surface area contributed by atoms with Crippen molar-refractivity contribution < 1.29 is 0 Å². The lowest BCUT2D eigenvalue weighted by Crippen LogP contribution is -2.29. The van der Waals surface area contributed by atoms with E-state index in [9.17, 15) is 0 Å². The van der Waals surface area contributed by atoms with Crippen molar-refractivity contribution in [3.8, 4) is 22.3 Å². The van der Waals surface area contributed by atoms with Gasteiger partial charge in [0.25, 0.3) is 0 Å². The number of nitrogens with zero attached hydrogens (tertiary/aromatic N) is 2. The monoisotopic (exact) mass is 646 g/mol. The minimum atomic E-state index is 1.13. The largest absolute Gasteiger partial charge is 0.372 e. The summed E-state index contributed by atoms with van der Waals surface area (Å²) in [7, 11) is 0. The van der Waals surface area contributed by atoms with E-state index in [1.807, 2.05) is 0 Å². The van der Waals surface area contributed by atoms with Crippen LogP contribution in [0.1, 0.15) is 38.5 Å². The molecular weight excluding hydrogens is 605 g/mol. The van der Waals surface area contributed by atoms with E-state index in [1.165, 1.54) is 126 Å². The van der Waals surface area contributed by atoms with E-state index in [1.54, 1.807) is 0 Å². The Balaban J connectivity index is 1.35. The average Bonchev–Trinajstić information content (AvgIpc) is 3.20. The second kappa shape index (κ2) is 12.2. The molecule has 2 aliphatic heterocycles. The van der Waals surface area contributed by atoms with Crippen LogP contribution in [-0.4, -0.2) is 26.2 Å². The van der Waals surface area contributed by atoms with Crippen LogP contribution in [0.15, 0.2) is 133 Å². The van der Waals surface area contributed by atoms with Gasteiger partial charge in [-0.2, -0.15) is 0 Å². The van der Waals surface area contributed by atoms with Crippen LogP contribution in [0.25, 0.3) is 76.1 Å². The van der Waals surface area contributed by atoms with Crippen molar-refractivity contribution in [2.24, 2.45) is 0 Å². The smallest absolute Gasteiger partial charge is 0.0372 e. The predicted octanol–water partition coefficient (Wildman–Crippen LogP) is 12.8. The summed E-state index contributed by atoms with van der Waals surface area (Å²) >= 11 is 0. The zero-order valence-electron chi connectivity index (χ0n) is 28.7. The number of anilines is 2. The normalized spacial score (nSPS) is 15.5. The molecule has 0 aromatic heterocycles. The maximum Gasteiger partial charge on any atom is 0.0372 e. The van der Waals surface area contributed by atoms with Gasteiger partial charge in [0.15, 0.2) is 0 Å². The average molecular weight is 647 g/mol. The van der Waals surface area contributed by atoms with Crippen LogP contribution >= 0.6 is 0 Å². The van der Waals surface area contributed by atoms with Crippen LogP contribution in [-0.2, 0) is 0 Å². The zero-order chi connectivity index (χ0) is 33.0. The van der Waals surface area contributed by atoms with E-state index in [0.717, 1.165) is 26.2 Å². The maximum atomic E-state index is 2.62. The first-order valence-corrected chi connectivity index (χ1v) is 18.7. The van der Waals surface area contributed by atoms with Crippen molar-refractivity contribution >= 4 is 65.2 Å². The van der Waals surface area contributed by atoms with Gasteiger partial charge in [-0.05, 0) is 151 Å². The van der Waals surface area contributed by atoms with Gasteiger partial charge in [-0.25, -0.2) is 0 Å². The summed E-state index contributed by atoms with van der Waals surface area (Å²) in [4.78, 5) is 5.23. The first kappa shape index (κ1) is 29.6. The molecule has 0 aliphatic carbocycles. The Labute approximate surface area is 294 Å². The Bertz CT molecular complexity index is 2570. The highest BCUT2D eigenvalue weighted by molar-refractivity contribution is 6.26. The molecule has 2 heteroatoms. The first-order valence-electron chi connectivity index (χ1n) is 18.7. The highest BCUT2D eigenvalue weighted by Gasteiger charge is 2.22. The maximum absolute atomic E-state index is 2.62. The molecule has 0 amide bonds. The van der Waals surface area contributed by atoms with Crippen LogP contribution in [0, 0.1) is 0 Å². The van der Waals surface area contributed by atoms with Gasteiger partial charge in [-0.15, -0.1) is 0 Å². The Morgan fingerprint density at radius 1 is 0.320 bits per heavy atom. The van der Waals surface area contributed by atoms with E-state index in [2.05, 4.69) is 143 Å². The van der Waals surface area contributed by atoms with Crippen LogP contribution in [0.4, 0.5) is 11.4 Å². The number of benzene rings is 8. The fraction of sp³-hybridized carbons (Fsp3) is 0.208. The molecule has 0 saturated carbocycles. The van der Waals surface area contributed by atoms with Crippen molar-refractivity contribution in [1.82, 2.24) is 0 Å².